The quantitative estimate of drug-likeness (QED) is 0.427. The number of ether oxygens (including phenoxy) is 1. The highest BCUT2D eigenvalue weighted by Crippen LogP contribution is 2.26. The highest BCUT2D eigenvalue weighted by atomic mass is 32.2. The molecule has 0 fully saturated rings. The van der Waals surface area contributed by atoms with Crippen LogP contribution in [-0.2, 0) is 10.0 Å². The summed E-state index contributed by atoms with van der Waals surface area (Å²) in [4.78, 5) is 8.65. The van der Waals surface area contributed by atoms with Gasteiger partial charge in [-0.1, -0.05) is 17.3 Å². The van der Waals surface area contributed by atoms with Gasteiger partial charge in [0.25, 0.3) is 10.0 Å². The second-order valence-corrected chi connectivity index (χ2v) is 8.68. The Kier molecular flexibility index (Phi) is 5.78. The van der Waals surface area contributed by atoms with Crippen molar-refractivity contribution in [2.75, 3.05) is 17.1 Å². The average Bonchev–Trinajstić information content (AvgIpc) is 3.11. The summed E-state index contributed by atoms with van der Waals surface area (Å²) in [5, 5.41) is 6.92. The summed E-state index contributed by atoms with van der Waals surface area (Å²) in [6.45, 7) is 3.47. The van der Waals surface area contributed by atoms with Gasteiger partial charge in [-0.05, 0) is 50.2 Å². The van der Waals surface area contributed by atoms with E-state index in [9.17, 15) is 8.42 Å². The van der Waals surface area contributed by atoms with E-state index in [-0.39, 0.29) is 10.8 Å². The molecule has 0 aliphatic carbocycles. The highest BCUT2D eigenvalue weighted by Gasteiger charge is 2.19. The summed E-state index contributed by atoms with van der Waals surface area (Å²) in [5.74, 6) is 1.41. The molecule has 2 aromatic heterocycles. The SMILES string of the molecule is COc1cccc(-c2cc(Nc3ccc(S(=O)(=O)Nc4onc(C)c4C)cc3)ncn2)c1. The summed E-state index contributed by atoms with van der Waals surface area (Å²) in [5.41, 5.74) is 3.55. The molecule has 0 aliphatic heterocycles. The molecule has 10 heteroatoms. The van der Waals surface area contributed by atoms with Crippen molar-refractivity contribution in [3.63, 3.8) is 0 Å². The van der Waals surface area contributed by atoms with Crippen LogP contribution in [0.25, 0.3) is 11.3 Å². The van der Waals surface area contributed by atoms with Gasteiger partial charge in [0.1, 0.15) is 17.9 Å². The minimum atomic E-state index is -3.81. The Bertz CT molecular complexity index is 1350. The Labute approximate surface area is 185 Å². The van der Waals surface area contributed by atoms with E-state index in [2.05, 4.69) is 25.2 Å². The Balaban J connectivity index is 1.51. The summed E-state index contributed by atoms with van der Waals surface area (Å²) in [6, 6.07) is 15.7. The van der Waals surface area contributed by atoms with Crippen molar-refractivity contribution < 1.29 is 17.7 Å². The van der Waals surface area contributed by atoms with E-state index in [0.29, 0.717) is 22.8 Å². The molecule has 2 aromatic carbocycles. The van der Waals surface area contributed by atoms with E-state index in [4.69, 9.17) is 9.26 Å². The Morgan fingerprint density at radius 1 is 1.00 bits per heavy atom. The highest BCUT2D eigenvalue weighted by molar-refractivity contribution is 7.92. The minimum absolute atomic E-state index is 0.0938. The summed E-state index contributed by atoms with van der Waals surface area (Å²) < 4.78 is 38.0. The van der Waals surface area contributed by atoms with Crippen LogP contribution in [0.2, 0.25) is 0 Å². The fourth-order valence-electron chi connectivity index (χ4n) is 2.92. The predicted octanol–water partition coefficient (Wildman–Crippen LogP) is 4.30. The molecule has 0 radical (unpaired) electrons. The molecular formula is C22H21N5O4S. The lowest BCUT2D eigenvalue weighted by molar-refractivity contribution is 0.415. The fraction of sp³-hybridized carbons (Fsp3) is 0.136. The first kappa shape index (κ1) is 21.3. The lowest BCUT2D eigenvalue weighted by Gasteiger charge is -2.09. The van der Waals surface area contributed by atoms with Gasteiger partial charge in [-0.3, -0.25) is 0 Å². The summed E-state index contributed by atoms with van der Waals surface area (Å²) in [6.07, 6.45) is 1.46. The molecule has 0 atom stereocenters. The van der Waals surface area contributed by atoms with Crippen molar-refractivity contribution in [2.24, 2.45) is 0 Å². The molecule has 4 aromatic rings. The number of methoxy groups -OCH3 is 1. The van der Waals surface area contributed by atoms with Gasteiger partial charge in [0.05, 0.1) is 23.4 Å². The monoisotopic (exact) mass is 451 g/mol. The molecule has 0 unspecified atom stereocenters. The maximum Gasteiger partial charge on any atom is 0.264 e. The Morgan fingerprint density at radius 2 is 1.78 bits per heavy atom. The van der Waals surface area contributed by atoms with Crippen LogP contribution in [0.1, 0.15) is 11.3 Å². The summed E-state index contributed by atoms with van der Waals surface area (Å²) >= 11 is 0. The number of aryl methyl sites for hydroxylation is 1. The number of nitrogens with one attached hydrogen (secondary N) is 2. The van der Waals surface area contributed by atoms with Gasteiger partial charge in [-0.15, -0.1) is 0 Å². The topological polar surface area (TPSA) is 119 Å². The van der Waals surface area contributed by atoms with Crippen molar-refractivity contribution in [2.45, 2.75) is 18.7 Å². The lowest BCUT2D eigenvalue weighted by atomic mass is 10.1. The van der Waals surface area contributed by atoms with E-state index in [1.165, 1.54) is 18.5 Å². The maximum atomic E-state index is 12.6. The second-order valence-electron chi connectivity index (χ2n) is 7.00. The molecule has 9 nitrogen and oxygen atoms in total. The van der Waals surface area contributed by atoms with Gasteiger partial charge in [0, 0.05) is 22.9 Å². The molecule has 2 heterocycles. The molecule has 0 saturated heterocycles. The number of hydrogen-bond donors (Lipinski definition) is 2. The number of hydrogen-bond acceptors (Lipinski definition) is 8. The van der Waals surface area contributed by atoms with Crippen molar-refractivity contribution in [1.82, 2.24) is 15.1 Å². The van der Waals surface area contributed by atoms with Crippen molar-refractivity contribution in [3.05, 3.63) is 72.2 Å². The van der Waals surface area contributed by atoms with Crippen molar-refractivity contribution >= 4 is 27.4 Å². The molecule has 2 N–H and O–H groups in total. The Hall–Kier alpha value is -3.92. The van der Waals surface area contributed by atoms with E-state index < -0.39 is 10.0 Å². The number of nitrogens with zero attached hydrogens (tertiary/aromatic N) is 3. The standard InChI is InChI=1S/C22H21N5O4S/c1-14-15(2)26-31-22(14)27-32(28,29)19-9-7-17(8-10-19)25-21-12-20(23-13-24-21)16-5-4-6-18(11-16)30-3/h4-13,27H,1-3H3,(H,23,24,25). The van der Waals surface area contributed by atoms with Crippen LogP contribution < -0.4 is 14.8 Å². The van der Waals surface area contributed by atoms with Crippen LogP contribution in [0.3, 0.4) is 0 Å². The van der Waals surface area contributed by atoms with Crippen molar-refractivity contribution in [3.8, 4) is 17.0 Å². The van der Waals surface area contributed by atoms with E-state index in [1.54, 1.807) is 39.2 Å². The van der Waals surface area contributed by atoms with Gasteiger partial charge in [-0.2, -0.15) is 0 Å². The maximum absolute atomic E-state index is 12.6. The zero-order valence-electron chi connectivity index (χ0n) is 17.7. The van der Waals surface area contributed by atoms with E-state index in [0.717, 1.165) is 17.0 Å². The zero-order valence-corrected chi connectivity index (χ0v) is 18.5. The normalized spacial score (nSPS) is 11.2. The van der Waals surface area contributed by atoms with Gasteiger partial charge >= 0.3 is 0 Å². The minimum Gasteiger partial charge on any atom is -0.497 e. The fourth-order valence-corrected chi connectivity index (χ4v) is 3.97. The smallest absolute Gasteiger partial charge is 0.264 e. The molecule has 0 bridgehead atoms. The molecule has 4 rings (SSSR count). The van der Waals surface area contributed by atoms with Gasteiger partial charge in [0.2, 0.25) is 5.88 Å². The third-order valence-electron chi connectivity index (χ3n) is 4.85. The predicted molar refractivity (Wildman–Crippen MR) is 121 cm³/mol. The van der Waals surface area contributed by atoms with Crippen molar-refractivity contribution in [1.29, 1.82) is 0 Å². The van der Waals surface area contributed by atoms with Crippen LogP contribution in [0.4, 0.5) is 17.4 Å². The molecule has 0 amide bonds. The van der Waals surface area contributed by atoms with Gasteiger partial charge < -0.3 is 14.6 Å². The van der Waals surface area contributed by atoms with Crippen LogP contribution >= 0.6 is 0 Å². The number of sulfonamides is 1. The first-order chi connectivity index (χ1) is 15.4. The van der Waals surface area contributed by atoms with Gasteiger partial charge in [-0.25, -0.2) is 23.1 Å². The average molecular weight is 452 g/mol. The lowest BCUT2D eigenvalue weighted by Crippen LogP contribution is -2.13. The molecular weight excluding hydrogens is 430 g/mol. The van der Waals surface area contributed by atoms with Crippen LogP contribution in [-0.4, -0.2) is 30.7 Å². The summed E-state index contributed by atoms with van der Waals surface area (Å²) in [7, 11) is -2.20. The van der Waals surface area contributed by atoms with Crippen LogP contribution in [0.15, 0.2) is 70.3 Å². The molecule has 0 spiro atoms. The molecule has 164 valence electrons. The number of benzene rings is 2. The number of rotatable bonds is 7. The second kappa shape index (κ2) is 8.67. The number of anilines is 3. The van der Waals surface area contributed by atoms with Crippen LogP contribution in [0.5, 0.6) is 5.75 Å². The van der Waals surface area contributed by atoms with E-state index in [1.807, 2.05) is 24.3 Å². The first-order valence-corrected chi connectivity index (χ1v) is 11.1. The third kappa shape index (κ3) is 4.54. The molecule has 0 saturated carbocycles. The number of aromatic nitrogens is 3. The molecule has 0 aliphatic rings. The van der Waals surface area contributed by atoms with Gasteiger partial charge in [0.15, 0.2) is 0 Å². The zero-order chi connectivity index (χ0) is 22.7. The first-order valence-electron chi connectivity index (χ1n) is 9.65. The molecule has 32 heavy (non-hydrogen) atoms. The largest absolute Gasteiger partial charge is 0.497 e. The Morgan fingerprint density at radius 3 is 2.47 bits per heavy atom. The van der Waals surface area contributed by atoms with E-state index >= 15 is 0 Å². The van der Waals surface area contributed by atoms with Crippen LogP contribution in [0, 0.1) is 13.8 Å². The third-order valence-corrected chi connectivity index (χ3v) is 6.20.